The average Bonchev–Trinajstić information content (AvgIpc) is 2.99. The van der Waals surface area contributed by atoms with Gasteiger partial charge in [0.25, 0.3) is 0 Å². The molecular formula is C11H22N2O. The van der Waals surface area contributed by atoms with Crippen LogP contribution in [0.2, 0.25) is 0 Å². The molecule has 0 aromatic rings. The van der Waals surface area contributed by atoms with Crippen molar-refractivity contribution in [3.63, 3.8) is 0 Å². The summed E-state index contributed by atoms with van der Waals surface area (Å²) in [6.45, 7) is 4.32. The van der Waals surface area contributed by atoms with E-state index >= 15 is 0 Å². The van der Waals surface area contributed by atoms with Gasteiger partial charge in [-0.3, -0.25) is 0 Å². The molecule has 82 valence electrons. The fraction of sp³-hybridized carbons (Fsp3) is 1.00. The van der Waals surface area contributed by atoms with Gasteiger partial charge in [-0.1, -0.05) is 0 Å². The lowest BCUT2D eigenvalue weighted by Gasteiger charge is -2.28. The Morgan fingerprint density at radius 1 is 1.21 bits per heavy atom. The van der Waals surface area contributed by atoms with E-state index in [1.807, 2.05) is 0 Å². The number of hydrogen-bond acceptors (Lipinski definition) is 3. The summed E-state index contributed by atoms with van der Waals surface area (Å²) in [4.78, 5) is 2.38. The lowest BCUT2D eigenvalue weighted by molar-refractivity contribution is 0.0141. The van der Waals surface area contributed by atoms with Gasteiger partial charge in [0.05, 0.1) is 12.7 Å². The van der Waals surface area contributed by atoms with Gasteiger partial charge >= 0.3 is 0 Å². The molecule has 0 atom stereocenters. The SMILES string of the molecule is CN1CCC(OCCNC2CC2)CC1. The summed E-state index contributed by atoms with van der Waals surface area (Å²) in [6, 6.07) is 0.816. The first-order valence-corrected chi connectivity index (χ1v) is 5.88. The molecule has 1 saturated carbocycles. The first-order chi connectivity index (χ1) is 6.84. The summed E-state index contributed by atoms with van der Waals surface area (Å²) in [6.07, 6.45) is 5.68. The van der Waals surface area contributed by atoms with Crippen molar-refractivity contribution in [3.05, 3.63) is 0 Å². The molecule has 1 aliphatic carbocycles. The third kappa shape index (κ3) is 3.56. The molecule has 14 heavy (non-hydrogen) atoms. The molecule has 0 aromatic carbocycles. The molecule has 3 heteroatoms. The molecule has 0 bridgehead atoms. The van der Waals surface area contributed by atoms with Crippen LogP contribution in [-0.4, -0.2) is 50.3 Å². The number of nitrogens with zero attached hydrogens (tertiary/aromatic N) is 1. The van der Waals surface area contributed by atoms with Gasteiger partial charge in [0, 0.05) is 25.7 Å². The van der Waals surface area contributed by atoms with Gasteiger partial charge in [-0.25, -0.2) is 0 Å². The van der Waals surface area contributed by atoms with Crippen LogP contribution < -0.4 is 5.32 Å². The van der Waals surface area contributed by atoms with Crippen LogP contribution in [0.25, 0.3) is 0 Å². The van der Waals surface area contributed by atoms with Crippen LogP contribution in [0, 0.1) is 0 Å². The van der Waals surface area contributed by atoms with Crippen molar-refractivity contribution in [2.45, 2.75) is 37.8 Å². The van der Waals surface area contributed by atoms with E-state index in [-0.39, 0.29) is 0 Å². The number of hydrogen-bond donors (Lipinski definition) is 1. The Morgan fingerprint density at radius 3 is 2.57 bits per heavy atom. The molecular weight excluding hydrogens is 176 g/mol. The lowest BCUT2D eigenvalue weighted by Crippen LogP contribution is -2.35. The number of rotatable bonds is 5. The van der Waals surface area contributed by atoms with Gasteiger partial charge in [0.1, 0.15) is 0 Å². The minimum absolute atomic E-state index is 0.521. The van der Waals surface area contributed by atoms with Crippen LogP contribution in [0.4, 0.5) is 0 Å². The second-order valence-electron chi connectivity index (χ2n) is 4.60. The van der Waals surface area contributed by atoms with Crippen molar-refractivity contribution in [3.8, 4) is 0 Å². The van der Waals surface area contributed by atoms with Crippen molar-refractivity contribution in [2.24, 2.45) is 0 Å². The molecule has 0 unspecified atom stereocenters. The topological polar surface area (TPSA) is 24.5 Å². The summed E-state index contributed by atoms with van der Waals surface area (Å²) in [5, 5.41) is 3.47. The summed E-state index contributed by atoms with van der Waals surface area (Å²) in [7, 11) is 2.19. The zero-order valence-electron chi connectivity index (χ0n) is 9.17. The maximum atomic E-state index is 5.82. The zero-order valence-corrected chi connectivity index (χ0v) is 9.17. The molecule has 2 rings (SSSR count). The first-order valence-electron chi connectivity index (χ1n) is 5.88. The van der Waals surface area contributed by atoms with Gasteiger partial charge in [-0.05, 0) is 32.7 Å². The third-order valence-corrected chi connectivity index (χ3v) is 3.13. The van der Waals surface area contributed by atoms with Crippen LogP contribution in [-0.2, 0) is 4.74 Å². The predicted molar refractivity (Wildman–Crippen MR) is 57.5 cm³/mol. The second-order valence-corrected chi connectivity index (χ2v) is 4.60. The minimum atomic E-state index is 0.521. The molecule has 0 amide bonds. The van der Waals surface area contributed by atoms with Gasteiger partial charge in [0.15, 0.2) is 0 Å². The van der Waals surface area contributed by atoms with Crippen molar-refractivity contribution in [2.75, 3.05) is 33.3 Å². The minimum Gasteiger partial charge on any atom is -0.377 e. The molecule has 1 saturated heterocycles. The van der Waals surface area contributed by atoms with E-state index in [4.69, 9.17) is 4.74 Å². The van der Waals surface area contributed by atoms with Crippen LogP contribution in [0.1, 0.15) is 25.7 Å². The van der Waals surface area contributed by atoms with Crippen LogP contribution in [0.15, 0.2) is 0 Å². The second kappa shape index (κ2) is 5.10. The summed E-state index contributed by atoms with van der Waals surface area (Å²) >= 11 is 0. The monoisotopic (exact) mass is 198 g/mol. The molecule has 1 N–H and O–H groups in total. The van der Waals surface area contributed by atoms with Gasteiger partial charge in [-0.15, -0.1) is 0 Å². The maximum absolute atomic E-state index is 5.82. The highest BCUT2D eigenvalue weighted by Crippen LogP contribution is 2.18. The molecule has 2 aliphatic rings. The number of piperidine rings is 1. The Labute approximate surface area is 86.8 Å². The molecule has 2 fully saturated rings. The zero-order chi connectivity index (χ0) is 9.80. The maximum Gasteiger partial charge on any atom is 0.0600 e. The Bertz CT molecular complexity index is 163. The Kier molecular flexibility index (Phi) is 3.79. The van der Waals surface area contributed by atoms with Crippen LogP contribution >= 0.6 is 0 Å². The average molecular weight is 198 g/mol. The Balaban J connectivity index is 1.47. The number of ether oxygens (including phenoxy) is 1. The van der Waals surface area contributed by atoms with E-state index in [1.54, 1.807) is 0 Å². The summed E-state index contributed by atoms with van der Waals surface area (Å²) in [5.74, 6) is 0. The number of nitrogens with one attached hydrogen (secondary N) is 1. The molecule has 1 heterocycles. The standard InChI is InChI=1S/C11H22N2O/c1-13-7-4-11(5-8-13)14-9-6-12-10-2-3-10/h10-12H,2-9H2,1H3. The van der Waals surface area contributed by atoms with Crippen molar-refractivity contribution < 1.29 is 4.74 Å². The van der Waals surface area contributed by atoms with Crippen molar-refractivity contribution in [1.82, 2.24) is 10.2 Å². The van der Waals surface area contributed by atoms with Crippen LogP contribution in [0.3, 0.4) is 0 Å². The van der Waals surface area contributed by atoms with E-state index in [0.717, 1.165) is 19.2 Å². The normalized spacial score (nSPS) is 25.5. The van der Waals surface area contributed by atoms with E-state index in [9.17, 15) is 0 Å². The molecule has 0 spiro atoms. The number of likely N-dealkylation sites (tertiary alicyclic amines) is 1. The highest BCUT2D eigenvalue weighted by atomic mass is 16.5. The van der Waals surface area contributed by atoms with Crippen molar-refractivity contribution >= 4 is 0 Å². The smallest absolute Gasteiger partial charge is 0.0600 e. The van der Waals surface area contributed by atoms with Crippen LogP contribution in [0.5, 0.6) is 0 Å². The highest BCUT2D eigenvalue weighted by Gasteiger charge is 2.20. The molecule has 0 radical (unpaired) electrons. The van der Waals surface area contributed by atoms with E-state index in [1.165, 1.54) is 38.8 Å². The largest absolute Gasteiger partial charge is 0.377 e. The fourth-order valence-electron chi connectivity index (χ4n) is 1.93. The highest BCUT2D eigenvalue weighted by molar-refractivity contribution is 4.80. The lowest BCUT2D eigenvalue weighted by atomic mass is 10.1. The summed E-state index contributed by atoms with van der Waals surface area (Å²) in [5.41, 5.74) is 0. The molecule has 1 aliphatic heterocycles. The van der Waals surface area contributed by atoms with E-state index < -0.39 is 0 Å². The predicted octanol–water partition coefficient (Wildman–Crippen LogP) is 0.849. The van der Waals surface area contributed by atoms with Gasteiger partial charge in [0.2, 0.25) is 0 Å². The Hall–Kier alpha value is -0.120. The fourth-order valence-corrected chi connectivity index (χ4v) is 1.93. The van der Waals surface area contributed by atoms with Gasteiger partial charge in [-0.2, -0.15) is 0 Å². The molecule has 3 nitrogen and oxygen atoms in total. The molecule has 0 aromatic heterocycles. The Morgan fingerprint density at radius 2 is 1.93 bits per heavy atom. The van der Waals surface area contributed by atoms with Crippen molar-refractivity contribution in [1.29, 1.82) is 0 Å². The summed E-state index contributed by atoms with van der Waals surface area (Å²) < 4.78 is 5.82. The quantitative estimate of drug-likeness (QED) is 0.663. The van der Waals surface area contributed by atoms with E-state index in [0.29, 0.717) is 6.10 Å². The first kappa shape index (κ1) is 10.4. The van der Waals surface area contributed by atoms with Gasteiger partial charge < -0.3 is 15.0 Å². The third-order valence-electron chi connectivity index (χ3n) is 3.13. The van der Waals surface area contributed by atoms with E-state index in [2.05, 4.69) is 17.3 Å².